The Bertz CT molecular complexity index is 891. The number of likely N-dealkylation sites (tertiary alicyclic amines) is 1. The molecule has 0 radical (unpaired) electrons. The van der Waals surface area contributed by atoms with E-state index in [1.165, 1.54) is 24.3 Å². The fourth-order valence-corrected chi connectivity index (χ4v) is 3.37. The van der Waals surface area contributed by atoms with Crippen LogP contribution in [0.4, 0.5) is 8.78 Å². The normalized spacial score (nSPS) is 17.2. The zero-order valence-corrected chi connectivity index (χ0v) is 13.9. The van der Waals surface area contributed by atoms with Crippen LogP contribution in [0.15, 0.2) is 48.5 Å². The molecular formula is C19H17F2N3O2. The lowest BCUT2D eigenvalue weighted by Gasteiger charge is -2.23. The van der Waals surface area contributed by atoms with Gasteiger partial charge in [-0.15, -0.1) is 0 Å². The first kappa shape index (κ1) is 16.5. The number of aromatic nitrogens is 2. The van der Waals surface area contributed by atoms with Gasteiger partial charge in [0.2, 0.25) is 0 Å². The first-order valence-corrected chi connectivity index (χ1v) is 8.42. The van der Waals surface area contributed by atoms with Crippen LogP contribution in [0.3, 0.4) is 0 Å². The summed E-state index contributed by atoms with van der Waals surface area (Å²) in [6, 6.07) is 13.4. The predicted molar refractivity (Wildman–Crippen MR) is 92.2 cm³/mol. The molecule has 0 aliphatic carbocycles. The Morgan fingerprint density at radius 3 is 2.69 bits per heavy atom. The molecule has 1 amide bonds. The van der Waals surface area contributed by atoms with Crippen LogP contribution in [-0.4, -0.2) is 33.9 Å². The molecule has 5 nitrogen and oxygen atoms in total. The number of amides is 1. The van der Waals surface area contributed by atoms with Gasteiger partial charge in [0.25, 0.3) is 5.91 Å². The van der Waals surface area contributed by atoms with Crippen molar-refractivity contribution in [2.75, 3.05) is 6.54 Å². The van der Waals surface area contributed by atoms with Crippen molar-refractivity contribution in [3.05, 3.63) is 59.9 Å². The topological polar surface area (TPSA) is 58.2 Å². The number of nitrogens with one attached hydrogen (secondary N) is 1. The molecule has 1 aliphatic rings. The molecule has 3 aromatic rings. The first-order valence-electron chi connectivity index (χ1n) is 8.42. The third kappa shape index (κ3) is 3.12. The largest absolute Gasteiger partial charge is 0.435 e. The van der Waals surface area contributed by atoms with Crippen LogP contribution < -0.4 is 4.74 Å². The van der Waals surface area contributed by atoms with E-state index in [4.69, 9.17) is 0 Å². The van der Waals surface area contributed by atoms with Crippen LogP contribution in [0.5, 0.6) is 5.75 Å². The molecule has 1 saturated heterocycles. The van der Waals surface area contributed by atoms with Gasteiger partial charge >= 0.3 is 6.61 Å². The second-order valence-electron chi connectivity index (χ2n) is 6.20. The molecule has 26 heavy (non-hydrogen) atoms. The molecule has 2 heterocycles. The quantitative estimate of drug-likeness (QED) is 0.763. The maximum atomic E-state index is 12.9. The summed E-state index contributed by atoms with van der Waals surface area (Å²) >= 11 is 0. The third-order valence-corrected chi connectivity index (χ3v) is 4.56. The molecule has 0 bridgehead atoms. The van der Waals surface area contributed by atoms with E-state index < -0.39 is 6.61 Å². The summed E-state index contributed by atoms with van der Waals surface area (Å²) in [5.41, 5.74) is 2.25. The van der Waals surface area contributed by atoms with Crippen LogP contribution in [0.25, 0.3) is 11.0 Å². The predicted octanol–water partition coefficient (Wildman–Crippen LogP) is 4.14. The van der Waals surface area contributed by atoms with Gasteiger partial charge in [-0.05, 0) is 49.2 Å². The molecule has 1 aromatic heterocycles. The smallest absolute Gasteiger partial charge is 0.387 e. The van der Waals surface area contributed by atoms with Crippen molar-refractivity contribution >= 4 is 16.9 Å². The number of carbonyl (C=O) groups is 1. The van der Waals surface area contributed by atoms with Crippen LogP contribution in [-0.2, 0) is 0 Å². The SMILES string of the molecule is O=C(c1ccc(OC(F)F)cc1)N1CCC[C@@H]1c1nc2ccccc2[nH]1. The zero-order valence-electron chi connectivity index (χ0n) is 13.9. The number of hydrogen-bond donors (Lipinski definition) is 1. The number of fused-ring (bicyclic) bond motifs is 1. The van der Waals surface area contributed by atoms with Crippen molar-refractivity contribution in [2.24, 2.45) is 0 Å². The Labute approximate surface area is 148 Å². The van der Waals surface area contributed by atoms with Gasteiger partial charge in [-0.25, -0.2) is 4.98 Å². The molecule has 134 valence electrons. The minimum Gasteiger partial charge on any atom is -0.435 e. The molecule has 7 heteroatoms. The molecule has 1 aliphatic heterocycles. The number of nitrogens with zero attached hydrogens (tertiary/aromatic N) is 2. The van der Waals surface area contributed by atoms with Gasteiger partial charge in [-0.1, -0.05) is 12.1 Å². The summed E-state index contributed by atoms with van der Waals surface area (Å²) < 4.78 is 28.8. The number of carbonyl (C=O) groups excluding carboxylic acids is 1. The van der Waals surface area contributed by atoms with Crippen molar-refractivity contribution in [3.63, 3.8) is 0 Å². The van der Waals surface area contributed by atoms with E-state index in [-0.39, 0.29) is 17.7 Å². The average molecular weight is 357 g/mol. The second kappa shape index (κ2) is 6.74. The van der Waals surface area contributed by atoms with Crippen LogP contribution >= 0.6 is 0 Å². The van der Waals surface area contributed by atoms with Gasteiger partial charge in [-0.3, -0.25) is 4.79 Å². The monoisotopic (exact) mass is 357 g/mol. The van der Waals surface area contributed by atoms with Gasteiger partial charge in [0.1, 0.15) is 11.6 Å². The summed E-state index contributed by atoms with van der Waals surface area (Å²) in [6.45, 7) is -2.25. The average Bonchev–Trinajstić information content (AvgIpc) is 3.27. The highest BCUT2D eigenvalue weighted by atomic mass is 19.3. The van der Waals surface area contributed by atoms with E-state index in [0.29, 0.717) is 12.1 Å². The van der Waals surface area contributed by atoms with E-state index >= 15 is 0 Å². The zero-order chi connectivity index (χ0) is 18.1. The van der Waals surface area contributed by atoms with Gasteiger partial charge in [0, 0.05) is 12.1 Å². The summed E-state index contributed by atoms with van der Waals surface area (Å²) in [6.07, 6.45) is 1.72. The number of benzene rings is 2. The lowest BCUT2D eigenvalue weighted by Crippen LogP contribution is -2.31. The molecule has 1 atom stereocenters. The molecule has 2 aromatic carbocycles. The van der Waals surface area contributed by atoms with E-state index in [1.54, 1.807) is 4.90 Å². The maximum absolute atomic E-state index is 12.9. The molecule has 4 rings (SSSR count). The van der Waals surface area contributed by atoms with E-state index in [2.05, 4.69) is 14.7 Å². The van der Waals surface area contributed by atoms with Crippen LogP contribution in [0, 0.1) is 0 Å². The summed E-state index contributed by atoms with van der Waals surface area (Å²) in [5, 5.41) is 0. The maximum Gasteiger partial charge on any atom is 0.387 e. The number of hydrogen-bond acceptors (Lipinski definition) is 3. The van der Waals surface area contributed by atoms with Crippen LogP contribution in [0.2, 0.25) is 0 Å². The lowest BCUT2D eigenvalue weighted by molar-refractivity contribution is -0.0498. The summed E-state index contributed by atoms with van der Waals surface area (Å²) in [4.78, 5) is 22.6. The van der Waals surface area contributed by atoms with E-state index in [0.717, 1.165) is 29.7 Å². The fraction of sp³-hybridized carbons (Fsp3) is 0.263. The molecule has 0 spiro atoms. The minimum atomic E-state index is -2.88. The number of halogens is 2. The molecule has 1 N–H and O–H groups in total. The Kier molecular flexibility index (Phi) is 4.28. The Hall–Kier alpha value is -2.96. The van der Waals surface area contributed by atoms with Crippen molar-refractivity contribution < 1.29 is 18.3 Å². The van der Waals surface area contributed by atoms with Crippen molar-refractivity contribution in [2.45, 2.75) is 25.5 Å². The van der Waals surface area contributed by atoms with Crippen molar-refractivity contribution in [1.29, 1.82) is 0 Å². The van der Waals surface area contributed by atoms with Crippen molar-refractivity contribution in [1.82, 2.24) is 14.9 Å². The number of alkyl halides is 2. The van der Waals surface area contributed by atoms with Gasteiger partial charge in [0.15, 0.2) is 0 Å². The highest BCUT2D eigenvalue weighted by Gasteiger charge is 2.32. The fourth-order valence-electron chi connectivity index (χ4n) is 3.37. The highest BCUT2D eigenvalue weighted by Crippen LogP contribution is 2.32. The van der Waals surface area contributed by atoms with E-state index in [1.807, 2.05) is 24.3 Å². The molecule has 0 saturated carbocycles. The second-order valence-corrected chi connectivity index (χ2v) is 6.20. The molecule has 1 fully saturated rings. The van der Waals surface area contributed by atoms with E-state index in [9.17, 15) is 13.6 Å². The highest BCUT2D eigenvalue weighted by molar-refractivity contribution is 5.94. The number of para-hydroxylation sites is 2. The third-order valence-electron chi connectivity index (χ3n) is 4.56. The van der Waals surface area contributed by atoms with Gasteiger partial charge in [-0.2, -0.15) is 8.78 Å². The molecule has 0 unspecified atom stereocenters. The summed E-state index contributed by atoms with van der Waals surface area (Å²) in [7, 11) is 0. The van der Waals surface area contributed by atoms with Crippen LogP contribution in [0.1, 0.15) is 35.1 Å². The number of ether oxygens (including phenoxy) is 1. The Morgan fingerprint density at radius 1 is 1.19 bits per heavy atom. The number of imidazole rings is 1. The summed E-state index contributed by atoms with van der Waals surface area (Å²) in [5.74, 6) is 0.665. The standard InChI is InChI=1S/C19H17F2N3O2/c20-19(21)26-13-9-7-12(8-10-13)18(25)24-11-3-6-16(24)17-22-14-4-1-2-5-15(14)23-17/h1-2,4-5,7-10,16,19H,3,6,11H2,(H,22,23)/t16-/m1/s1. The Balaban J connectivity index is 1.56. The molecular weight excluding hydrogens is 340 g/mol. The lowest BCUT2D eigenvalue weighted by atomic mass is 10.1. The number of rotatable bonds is 4. The first-order chi connectivity index (χ1) is 12.6. The van der Waals surface area contributed by atoms with Gasteiger partial charge in [0.05, 0.1) is 17.1 Å². The van der Waals surface area contributed by atoms with Crippen molar-refractivity contribution in [3.8, 4) is 5.75 Å². The number of H-pyrrole nitrogens is 1. The Morgan fingerprint density at radius 2 is 1.96 bits per heavy atom. The van der Waals surface area contributed by atoms with Gasteiger partial charge < -0.3 is 14.6 Å². The number of aromatic amines is 1. The minimum absolute atomic E-state index is 0.0341.